The molecule has 2 N–H and O–H groups in total. The van der Waals surface area contributed by atoms with E-state index in [9.17, 15) is 9.59 Å². The molecule has 7 nitrogen and oxygen atoms in total. The third-order valence-electron chi connectivity index (χ3n) is 4.72. The van der Waals surface area contributed by atoms with Gasteiger partial charge < -0.3 is 24.5 Å². The Morgan fingerprint density at radius 3 is 2.23 bits per heavy atom. The average molecular weight is 416 g/mol. The number of rotatable bonds is 6. The first-order valence-corrected chi connectivity index (χ1v) is 9.52. The lowest BCUT2D eigenvalue weighted by Gasteiger charge is -2.10. The standard InChI is InChI=1S/C24H20N2O5/c1-29-19-13-12-15(14-20(19)30-2)23(27)26-21-17-10-6-7-11-18(17)31-22(21)24(28)25-16-8-4-3-5-9-16/h3-14H,1-2H3,(H,25,28)(H,26,27). The number of benzene rings is 3. The van der Waals surface area contributed by atoms with Crippen molar-refractivity contribution >= 4 is 34.2 Å². The third-order valence-corrected chi connectivity index (χ3v) is 4.72. The van der Waals surface area contributed by atoms with Gasteiger partial charge in [-0.05, 0) is 42.5 Å². The van der Waals surface area contributed by atoms with Crippen molar-refractivity contribution in [1.29, 1.82) is 0 Å². The second kappa shape index (κ2) is 8.62. The fourth-order valence-electron chi connectivity index (χ4n) is 3.20. The van der Waals surface area contributed by atoms with Gasteiger partial charge in [-0.1, -0.05) is 30.3 Å². The zero-order valence-corrected chi connectivity index (χ0v) is 17.0. The predicted molar refractivity (Wildman–Crippen MR) is 118 cm³/mol. The van der Waals surface area contributed by atoms with Gasteiger partial charge >= 0.3 is 0 Å². The topological polar surface area (TPSA) is 89.8 Å². The van der Waals surface area contributed by atoms with E-state index >= 15 is 0 Å². The Morgan fingerprint density at radius 2 is 1.48 bits per heavy atom. The summed E-state index contributed by atoms with van der Waals surface area (Å²) in [4.78, 5) is 25.9. The van der Waals surface area contributed by atoms with E-state index in [0.717, 1.165) is 0 Å². The van der Waals surface area contributed by atoms with Crippen LogP contribution < -0.4 is 20.1 Å². The summed E-state index contributed by atoms with van der Waals surface area (Å²) < 4.78 is 16.3. The summed E-state index contributed by atoms with van der Waals surface area (Å²) in [7, 11) is 3.02. The minimum atomic E-state index is -0.468. The van der Waals surface area contributed by atoms with Crippen LogP contribution in [0.4, 0.5) is 11.4 Å². The highest BCUT2D eigenvalue weighted by atomic mass is 16.5. The maximum absolute atomic E-state index is 13.0. The first-order chi connectivity index (χ1) is 15.1. The van der Waals surface area contributed by atoms with E-state index in [1.165, 1.54) is 14.2 Å². The van der Waals surface area contributed by atoms with Gasteiger partial charge in [0, 0.05) is 16.6 Å². The van der Waals surface area contributed by atoms with Gasteiger partial charge in [0.05, 0.1) is 14.2 Å². The molecule has 2 amide bonds. The highest BCUT2D eigenvalue weighted by Crippen LogP contribution is 2.33. The zero-order chi connectivity index (χ0) is 21.8. The monoisotopic (exact) mass is 416 g/mol. The number of methoxy groups -OCH3 is 2. The molecule has 0 saturated carbocycles. The Balaban J connectivity index is 1.69. The Morgan fingerprint density at radius 1 is 0.774 bits per heavy atom. The van der Waals surface area contributed by atoms with Gasteiger partial charge in [-0.3, -0.25) is 9.59 Å². The summed E-state index contributed by atoms with van der Waals surface area (Å²) >= 11 is 0. The molecule has 4 aromatic rings. The second-order valence-electron chi connectivity index (χ2n) is 6.65. The van der Waals surface area contributed by atoms with Crippen LogP contribution in [0.3, 0.4) is 0 Å². The Labute approximate surface area is 178 Å². The number of hydrogen-bond donors (Lipinski definition) is 2. The number of amides is 2. The number of nitrogens with one attached hydrogen (secondary N) is 2. The van der Waals surface area contributed by atoms with E-state index in [4.69, 9.17) is 13.9 Å². The molecule has 0 fully saturated rings. The fourth-order valence-corrected chi connectivity index (χ4v) is 3.20. The molecule has 0 aliphatic rings. The average Bonchev–Trinajstić information content (AvgIpc) is 3.17. The predicted octanol–water partition coefficient (Wildman–Crippen LogP) is 4.95. The molecule has 0 radical (unpaired) electrons. The first kappa shape index (κ1) is 20.0. The molecular formula is C24H20N2O5. The van der Waals surface area contributed by atoms with Gasteiger partial charge in [0.1, 0.15) is 11.3 Å². The Bertz CT molecular complexity index is 1250. The van der Waals surface area contributed by atoms with E-state index in [-0.39, 0.29) is 5.76 Å². The summed E-state index contributed by atoms with van der Waals surface area (Å²) in [5.74, 6) is 0.0649. The molecule has 0 atom stereocenters. The molecule has 0 bridgehead atoms. The number of carbonyl (C=O) groups is 2. The number of anilines is 2. The van der Waals surface area contributed by atoms with Crippen LogP contribution in [0.25, 0.3) is 11.0 Å². The van der Waals surface area contributed by atoms with Crippen LogP contribution in [-0.2, 0) is 0 Å². The van der Waals surface area contributed by atoms with E-state index in [2.05, 4.69) is 10.6 Å². The van der Waals surface area contributed by atoms with Crippen molar-refractivity contribution in [2.45, 2.75) is 0 Å². The minimum absolute atomic E-state index is 0.0129. The highest BCUT2D eigenvalue weighted by Gasteiger charge is 2.23. The van der Waals surface area contributed by atoms with Crippen LogP contribution in [0.1, 0.15) is 20.9 Å². The van der Waals surface area contributed by atoms with Gasteiger partial charge in [0.2, 0.25) is 5.76 Å². The van der Waals surface area contributed by atoms with Gasteiger partial charge in [-0.2, -0.15) is 0 Å². The Kier molecular flexibility index (Phi) is 5.57. The molecule has 3 aromatic carbocycles. The number of fused-ring (bicyclic) bond motifs is 1. The molecule has 0 unspecified atom stereocenters. The van der Waals surface area contributed by atoms with Crippen molar-refractivity contribution in [1.82, 2.24) is 0 Å². The molecule has 0 aliphatic carbocycles. The van der Waals surface area contributed by atoms with Crippen molar-refractivity contribution in [3.63, 3.8) is 0 Å². The summed E-state index contributed by atoms with van der Waals surface area (Å²) in [6.45, 7) is 0. The molecule has 4 rings (SSSR count). The lowest BCUT2D eigenvalue weighted by molar-refractivity contribution is 0.0999. The van der Waals surface area contributed by atoms with Gasteiger partial charge in [-0.15, -0.1) is 0 Å². The van der Waals surface area contributed by atoms with Crippen molar-refractivity contribution < 1.29 is 23.5 Å². The van der Waals surface area contributed by atoms with Gasteiger partial charge in [0.15, 0.2) is 11.5 Å². The van der Waals surface area contributed by atoms with Crippen LogP contribution in [0.15, 0.2) is 77.2 Å². The largest absolute Gasteiger partial charge is 0.493 e. The molecule has 0 saturated heterocycles. The van der Waals surface area contributed by atoms with Gasteiger partial charge in [-0.25, -0.2) is 0 Å². The fraction of sp³-hybridized carbons (Fsp3) is 0.0833. The van der Waals surface area contributed by atoms with Gasteiger partial charge in [0.25, 0.3) is 11.8 Å². The van der Waals surface area contributed by atoms with E-state index in [1.54, 1.807) is 48.5 Å². The number of hydrogen-bond acceptors (Lipinski definition) is 5. The first-order valence-electron chi connectivity index (χ1n) is 9.52. The van der Waals surface area contributed by atoms with Crippen LogP contribution >= 0.6 is 0 Å². The minimum Gasteiger partial charge on any atom is -0.493 e. The summed E-state index contributed by atoms with van der Waals surface area (Å²) in [6, 6.07) is 21.0. The second-order valence-corrected chi connectivity index (χ2v) is 6.65. The molecule has 7 heteroatoms. The number of ether oxygens (including phenoxy) is 2. The maximum Gasteiger partial charge on any atom is 0.293 e. The van der Waals surface area contributed by atoms with E-state index in [0.29, 0.717) is 39.4 Å². The Hall–Kier alpha value is -4.26. The molecule has 1 heterocycles. The summed E-state index contributed by atoms with van der Waals surface area (Å²) in [6.07, 6.45) is 0. The van der Waals surface area contributed by atoms with Crippen molar-refractivity contribution in [2.24, 2.45) is 0 Å². The van der Waals surface area contributed by atoms with Crippen LogP contribution in [0.2, 0.25) is 0 Å². The SMILES string of the molecule is COc1ccc(C(=O)Nc2c(C(=O)Nc3ccccc3)oc3ccccc23)cc1OC. The lowest BCUT2D eigenvalue weighted by Crippen LogP contribution is -2.17. The number of para-hydroxylation sites is 2. The quantitative estimate of drug-likeness (QED) is 0.464. The van der Waals surface area contributed by atoms with Crippen LogP contribution in [-0.4, -0.2) is 26.0 Å². The molecule has 1 aromatic heterocycles. The lowest BCUT2D eigenvalue weighted by atomic mass is 10.1. The molecular weight excluding hydrogens is 396 g/mol. The number of carbonyl (C=O) groups excluding carboxylic acids is 2. The van der Waals surface area contributed by atoms with Crippen LogP contribution in [0, 0.1) is 0 Å². The zero-order valence-electron chi connectivity index (χ0n) is 17.0. The molecule has 0 aliphatic heterocycles. The third kappa shape index (κ3) is 4.06. The molecule has 31 heavy (non-hydrogen) atoms. The molecule has 156 valence electrons. The normalized spacial score (nSPS) is 10.5. The molecule has 0 spiro atoms. The number of furan rings is 1. The maximum atomic E-state index is 13.0. The van der Waals surface area contributed by atoms with E-state index in [1.807, 2.05) is 24.3 Å². The smallest absolute Gasteiger partial charge is 0.293 e. The van der Waals surface area contributed by atoms with Crippen molar-refractivity contribution in [3.8, 4) is 11.5 Å². The van der Waals surface area contributed by atoms with Crippen molar-refractivity contribution in [2.75, 3.05) is 24.9 Å². The van der Waals surface area contributed by atoms with Crippen LogP contribution in [0.5, 0.6) is 11.5 Å². The summed E-state index contributed by atoms with van der Waals surface area (Å²) in [5.41, 5.74) is 1.75. The van der Waals surface area contributed by atoms with Crippen molar-refractivity contribution in [3.05, 3.63) is 84.1 Å². The summed E-state index contributed by atoms with van der Waals surface area (Å²) in [5, 5.41) is 6.22. The van der Waals surface area contributed by atoms with E-state index < -0.39 is 11.8 Å². The highest BCUT2D eigenvalue weighted by molar-refractivity contribution is 6.17.